The summed E-state index contributed by atoms with van der Waals surface area (Å²) in [6, 6.07) is 16.8. The zero-order valence-electron chi connectivity index (χ0n) is 20.8. The van der Waals surface area contributed by atoms with Gasteiger partial charge in [0.05, 0.1) is 17.2 Å². The molecule has 2 aromatic carbocycles. The van der Waals surface area contributed by atoms with Gasteiger partial charge in [-0.15, -0.1) is 0 Å². The van der Waals surface area contributed by atoms with Crippen molar-refractivity contribution in [3.05, 3.63) is 60.9 Å². The van der Waals surface area contributed by atoms with Gasteiger partial charge >= 0.3 is 0 Å². The van der Waals surface area contributed by atoms with Gasteiger partial charge in [0, 0.05) is 23.4 Å². The number of carbonyl (C=O) groups excluding carboxylic acids is 1. The maximum absolute atomic E-state index is 14.1. The highest BCUT2D eigenvalue weighted by Crippen LogP contribution is 2.39. The van der Waals surface area contributed by atoms with Crippen LogP contribution in [-0.2, 0) is 4.79 Å². The van der Waals surface area contributed by atoms with E-state index in [-0.39, 0.29) is 11.9 Å². The molecule has 1 amide bonds. The number of aromatic nitrogens is 4. The summed E-state index contributed by atoms with van der Waals surface area (Å²) in [6.45, 7) is 0. The molecular weight excluding hydrogens is 446 g/mol. The minimum absolute atomic E-state index is 0.174. The highest BCUT2D eigenvalue weighted by molar-refractivity contribution is 5.87. The van der Waals surface area contributed by atoms with E-state index in [1.807, 2.05) is 18.5 Å². The van der Waals surface area contributed by atoms with E-state index in [2.05, 4.69) is 62.5 Å². The lowest BCUT2D eigenvalue weighted by atomic mass is 9.82. The average molecular weight is 482 g/mol. The van der Waals surface area contributed by atoms with Gasteiger partial charge in [-0.1, -0.05) is 74.9 Å². The number of aromatic amines is 1. The number of nitrogens with zero attached hydrogens (tertiary/aromatic N) is 3. The number of carbonyl (C=O) groups is 1. The molecule has 2 heterocycles. The second-order valence-corrected chi connectivity index (χ2v) is 10.5. The molecule has 2 fully saturated rings. The maximum Gasteiger partial charge on any atom is 0.243 e. The largest absolute Gasteiger partial charge is 0.352 e. The predicted molar refractivity (Wildman–Crippen MR) is 143 cm³/mol. The first-order chi connectivity index (χ1) is 17.8. The number of H-pyrrole nitrogens is 1. The Morgan fingerprint density at radius 2 is 1.56 bits per heavy atom. The summed E-state index contributed by atoms with van der Waals surface area (Å²) in [4.78, 5) is 19.2. The Morgan fingerprint density at radius 1 is 0.861 bits per heavy atom. The smallest absolute Gasteiger partial charge is 0.243 e. The van der Waals surface area contributed by atoms with Gasteiger partial charge in [-0.05, 0) is 49.3 Å². The van der Waals surface area contributed by atoms with Crippen LogP contribution in [0.15, 0.2) is 60.9 Å². The van der Waals surface area contributed by atoms with Gasteiger partial charge in [0.1, 0.15) is 11.9 Å². The summed E-state index contributed by atoms with van der Waals surface area (Å²) in [5.41, 5.74) is 5.18. The summed E-state index contributed by atoms with van der Waals surface area (Å²) in [6.07, 6.45) is 15.5. The third kappa shape index (κ3) is 4.57. The van der Waals surface area contributed by atoms with Gasteiger partial charge in [0.15, 0.2) is 0 Å². The number of hydrogen-bond donors (Lipinski definition) is 2. The van der Waals surface area contributed by atoms with Crippen LogP contribution in [0.5, 0.6) is 0 Å². The molecule has 4 aromatic rings. The molecule has 2 aliphatic carbocycles. The molecule has 0 bridgehead atoms. The van der Waals surface area contributed by atoms with Crippen molar-refractivity contribution >= 4 is 16.9 Å². The fraction of sp³-hybridized carbons (Fsp3) is 0.433. The lowest BCUT2D eigenvalue weighted by molar-refractivity contribution is -0.127. The van der Waals surface area contributed by atoms with Crippen molar-refractivity contribution in [1.29, 1.82) is 0 Å². The van der Waals surface area contributed by atoms with Crippen molar-refractivity contribution in [2.24, 2.45) is 5.92 Å². The highest BCUT2D eigenvalue weighted by Gasteiger charge is 2.35. The summed E-state index contributed by atoms with van der Waals surface area (Å²) in [5, 5.41) is 10.4. The van der Waals surface area contributed by atoms with E-state index in [1.165, 1.54) is 38.5 Å². The molecule has 2 aliphatic rings. The molecule has 6 heteroatoms. The molecule has 6 rings (SSSR count). The van der Waals surface area contributed by atoms with Crippen LogP contribution in [0.25, 0.3) is 33.5 Å². The molecule has 2 saturated carbocycles. The monoisotopic (exact) mass is 481 g/mol. The van der Waals surface area contributed by atoms with E-state index in [4.69, 9.17) is 4.98 Å². The number of para-hydroxylation sites is 2. The first kappa shape index (κ1) is 23.0. The Bertz CT molecular complexity index is 1300. The average Bonchev–Trinajstić information content (AvgIpc) is 3.60. The van der Waals surface area contributed by atoms with Crippen LogP contribution in [0.1, 0.15) is 70.3 Å². The van der Waals surface area contributed by atoms with Gasteiger partial charge in [-0.3, -0.25) is 9.89 Å². The van der Waals surface area contributed by atoms with Crippen molar-refractivity contribution in [3.63, 3.8) is 0 Å². The third-order valence-corrected chi connectivity index (χ3v) is 8.17. The maximum atomic E-state index is 14.1. The molecule has 186 valence electrons. The number of nitrogens with one attached hydrogen (secondary N) is 2. The molecule has 0 radical (unpaired) electrons. The van der Waals surface area contributed by atoms with Crippen LogP contribution < -0.4 is 5.32 Å². The SMILES string of the molecule is O=C(NC1CCCCC1)C(C1CCCCC1)n1c(-c2ccc(-c3cn[nH]c3)cc2)nc2ccccc21. The molecule has 36 heavy (non-hydrogen) atoms. The normalized spacial score (nSPS) is 18.3. The fourth-order valence-corrected chi connectivity index (χ4v) is 6.28. The Kier molecular flexibility index (Phi) is 6.58. The van der Waals surface area contributed by atoms with Gasteiger partial charge in [-0.2, -0.15) is 5.10 Å². The fourth-order valence-electron chi connectivity index (χ4n) is 6.28. The first-order valence-corrected chi connectivity index (χ1v) is 13.6. The second-order valence-electron chi connectivity index (χ2n) is 10.5. The van der Waals surface area contributed by atoms with Gasteiger partial charge < -0.3 is 9.88 Å². The lowest BCUT2D eigenvalue weighted by Gasteiger charge is -2.33. The number of hydrogen-bond acceptors (Lipinski definition) is 3. The minimum Gasteiger partial charge on any atom is -0.352 e. The topological polar surface area (TPSA) is 75.6 Å². The highest BCUT2D eigenvalue weighted by atomic mass is 16.2. The van der Waals surface area contributed by atoms with Crippen LogP contribution in [0.3, 0.4) is 0 Å². The third-order valence-electron chi connectivity index (χ3n) is 8.17. The zero-order chi connectivity index (χ0) is 24.3. The first-order valence-electron chi connectivity index (χ1n) is 13.6. The molecule has 1 unspecified atom stereocenters. The van der Waals surface area contributed by atoms with E-state index in [1.54, 1.807) is 0 Å². The Morgan fingerprint density at radius 3 is 2.28 bits per heavy atom. The summed E-state index contributed by atoms with van der Waals surface area (Å²) < 4.78 is 2.26. The summed E-state index contributed by atoms with van der Waals surface area (Å²) in [5.74, 6) is 1.38. The van der Waals surface area contributed by atoms with Crippen molar-refractivity contribution in [3.8, 4) is 22.5 Å². The summed E-state index contributed by atoms with van der Waals surface area (Å²) >= 11 is 0. The van der Waals surface area contributed by atoms with Crippen LogP contribution in [0, 0.1) is 5.92 Å². The van der Waals surface area contributed by atoms with Crippen molar-refractivity contribution in [2.45, 2.75) is 76.3 Å². The predicted octanol–water partition coefficient (Wildman–Crippen LogP) is 6.66. The molecule has 1 atom stereocenters. The molecular formula is C30H35N5O. The summed E-state index contributed by atoms with van der Waals surface area (Å²) in [7, 11) is 0. The molecule has 2 N–H and O–H groups in total. The van der Waals surface area contributed by atoms with Crippen molar-refractivity contribution in [2.75, 3.05) is 0 Å². The lowest BCUT2D eigenvalue weighted by Crippen LogP contribution is -2.43. The molecule has 2 aromatic heterocycles. The minimum atomic E-state index is -0.247. The Balaban J connectivity index is 1.43. The number of benzene rings is 2. The van der Waals surface area contributed by atoms with Crippen LogP contribution in [0.2, 0.25) is 0 Å². The Hall–Kier alpha value is -3.41. The quantitative estimate of drug-likeness (QED) is 0.323. The molecule has 0 spiro atoms. The molecule has 0 aliphatic heterocycles. The van der Waals surface area contributed by atoms with Gasteiger partial charge in [0.25, 0.3) is 0 Å². The van der Waals surface area contributed by atoms with E-state index in [9.17, 15) is 4.79 Å². The van der Waals surface area contributed by atoms with E-state index >= 15 is 0 Å². The van der Waals surface area contributed by atoms with Crippen molar-refractivity contribution in [1.82, 2.24) is 25.1 Å². The van der Waals surface area contributed by atoms with Gasteiger partial charge in [-0.25, -0.2) is 4.98 Å². The van der Waals surface area contributed by atoms with Gasteiger partial charge in [0.2, 0.25) is 5.91 Å². The number of fused-ring (bicyclic) bond motifs is 1. The van der Waals surface area contributed by atoms with Crippen LogP contribution in [0.4, 0.5) is 0 Å². The van der Waals surface area contributed by atoms with Crippen LogP contribution >= 0.6 is 0 Å². The molecule has 0 saturated heterocycles. The number of amides is 1. The standard InChI is InChI=1S/C30H35N5O/c36-30(33-25-11-5-2-6-12-25)28(22-9-3-1-4-10-22)35-27-14-8-7-13-26(27)34-29(35)23-17-15-21(16-18-23)24-19-31-32-20-24/h7-8,13-20,22,25,28H,1-6,9-12H2,(H,31,32)(H,33,36). The van der Waals surface area contributed by atoms with E-state index in [0.717, 1.165) is 59.2 Å². The van der Waals surface area contributed by atoms with E-state index < -0.39 is 0 Å². The second kappa shape index (κ2) is 10.3. The number of imidazole rings is 1. The molecule has 6 nitrogen and oxygen atoms in total. The number of rotatable bonds is 6. The Labute approximate surface area is 212 Å². The van der Waals surface area contributed by atoms with Crippen molar-refractivity contribution < 1.29 is 4.79 Å². The van der Waals surface area contributed by atoms with Crippen LogP contribution in [-0.4, -0.2) is 31.7 Å². The van der Waals surface area contributed by atoms with E-state index in [0.29, 0.717) is 12.0 Å². The zero-order valence-corrected chi connectivity index (χ0v) is 20.8.